The van der Waals surface area contributed by atoms with E-state index in [1.807, 2.05) is 30.0 Å². The number of benzene rings is 1. The van der Waals surface area contributed by atoms with Gasteiger partial charge in [0, 0.05) is 17.0 Å². The normalized spacial score (nSPS) is 17.9. The lowest BCUT2D eigenvalue weighted by Crippen LogP contribution is -2.27. The predicted molar refractivity (Wildman–Crippen MR) is 84.8 cm³/mol. The van der Waals surface area contributed by atoms with Crippen LogP contribution in [0.2, 0.25) is 0 Å². The van der Waals surface area contributed by atoms with Crippen LogP contribution < -0.4 is 5.73 Å². The molecule has 1 saturated carbocycles. The highest BCUT2D eigenvalue weighted by Gasteiger charge is 2.34. The van der Waals surface area contributed by atoms with Crippen molar-refractivity contribution in [3.63, 3.8) is 0 Å². The largest absolute Gasteiger partial charge is 0.399 e. The number of anilines is 1. The van der Waals surface area contributed by atoms with Gasteiger partial charge in [-0.05, 0) is 37.3 Å². The Balaban J connectivity index is 2.05. The number of aliphatic hydroxyl groups is 1. The fraction of sp³-hybridized carbons (Fsp3) is 0.533. The third-order valence-corrected chi connectivity index (χ3v) is 5.79. The Hall–Kier alpha value is -1.20. The molecule has 1 heterocycles. The molecule has 108 valence electrons. The van der Waals surface area contributed by atoms with E-state index in [0.29, 0.717) is 10.4 Å². The molecule has 0 aliphatic heterocycles. The summed E-state index contributed by atoms with van der Waals surface area (Å²) in [7, 11) is 0. The van der Waals surface area contributed by atoms with Gasteiger partial charge in [0.2, 0.25) is 0 Å². The summed E-state index contributed by atoms with van der Waals surface area (Å²) in [5.74, 6) is 0.742. The molecule has 0 atom stereocenters. The summed E-state index contributed by atoms with van der Waals surface area (Å²) >= 11 is 1.95. The molecule has 0 radical (unpaired) electrons. The zero-order valence-corrected chi connectivity index (χ0v) is 12.6. The van der Waals surface area contributed by atoms with Gasteiger partial charge in [-0.2, -0.15) is 11.8 Å². The van der Waals surface area contributed by atoms with Gasteiger partial charge < -0.3 is 15.4 Å². The van der Waals surface area contributed by atoms with Crippen molar-refractivity contribution in [3.05, 3.63) is 24.0 Å². The van der Waals surface area contributed by atoms with Crippen LogP contribution in [0.5, 0.6) is 0 Å². The first-order valence-electron chi connectivity index (χ1n) is 7.08. The van der Waals surface area contributed by atoms with Crippen LogP contribution in [0.4, 0.5) is 5.69 Å². The van der Waals surface area contributed by atoms with E-state index in [9.17, 15) is 5.11 Å². The Morgan fingerprint density at radius 2 is 2.15 bits per heavy atom. The zero-order chi connectivity index (χ0) is 14.2. The Kier molecular flexibility index (Phi) is 3.65. The van der Waals surface area contributed by atoms with Crippen molar-refractivity contribution in [2.24, 2.45) is 0 Å². The minimum atomic E-state index is -0.0287. The zero-order valence-electron chi connectivity index (χ0n) is 11.8. The van der Waals surface area contributed by atoms with Crippen molar-refractivity contribution in [2.75, 3.05) is 12.0 Å². The lowest BCUT2D eigenvalue weighted by atomic mass is 10.1. The molecule has 1 aliphatic rings. The Morgan fingerprint density at radius 1 is 1.40 bits per heavy atom. The highest BCUT2D eigenvalue weighted by atomic mass is 32.2. The Morgan fingerprint density at radius 3 is 2.80 bits per heavy atom. The maximum Gasteiger partial charge on any atom is 0.135 e. The fourth-order valence-corrected chi connectivity index (χ4v) is 4.18. The second-order valence-electron chi connectivity index (χ2n) is 5.61. The number of hydrogen-bond donors (Lipinski definition) is 2. The summed E-state index contributed by atoms with van der Waals surface area (Å²) in [6.45, 7) is 0.892. The van der Waals surface area contributed by atoms with E-state index in [-0.39, 0.29) is 6.61 Å². The third kappa shape index (κ3) is 2.29. The van der Waals surface area contributed by atoms with Crippen LogP contribution in [0.3, 0.4) is 0 Å². The molecule has 2 aromatic rings. The number of aromatic nitrogens is 2. The first kappa shape index (κ1) is 13.8. The molecule has 0 bridgehead atoms. The average Bonchev–Trinajstić information content (AvgIpc) is 3.04. The van der Waals surface area contributed by atoms with Gasteiger partial charge in [0.1, 0.15) is 12.4 Å². The van der Waals surface area contributed by atoms with Gasteiger partial charge in [0.25, 0.3) is 0 Å². The van der Waals surface area contributed by atoms with E-state index in [4.69, 9.17) is 5.73 Å². The smallest absolute Gasteiger partial charge is 0.135 e. The van der Waals surface area contributed by atoms with Crippen LogP contribution in [-0.2, 0) is 13.2 Å². The molecule has 20 heavy (non-hydrogen) atoms. The van der Waals surface area contributed by atoms with Crippen molar-refractivity contribution in [1.82, 2.24) is 9.55 Å². The second-order valence-corrected chi connectivity index (χ2v) is 6.89. The molecule has 0 spiro atoms. The molecular formula is C15H21N3OS. The van der Waals surface area contributed by atoms with E-state index >= 15 is 0 Å². The maximum atomic E-state index is 9.60. The molecule has 0 amide bonds. The fourth-order valence-electron chi connectivity index (χ4n) is 3.23. The van der Waals surface area contributed by atoms with Crippen LogP contribution in [0, 0.1) is 0 Å². The summed E-state index contributed by atoms with van der Waals surface area (Å²) < 4.78 is 2.47. The van der Waals surface area contributed by atoms with Crippen LogP contribution >= 0.6 is 11.8 Å². The number of imidazole rings is 1. The number of nitrogens with zero attached hydrogens (tertiary/aromatic N) is 2. The van der Waals surface area contributed by atoms with Gasteiger partial charge in [0.05, 0.1) is 11.0 Å². The highest BCUT2D eigenvalue weighted by molar-refractivity contribution is 8.00. The molecule has 1 aromatic carbocycles. The van der Waals surface area contributed by atoms with Crippen LogP contribution in [0.15, 0.2) is 18.2 Å². The van der Waals surface area contributed by atoms with Crippen molar-refractivity contribution >= 4 is 28.5 Å². The number of thioether (sulfide) groups is 1. The lowest BCUT2D eigenvalue weighted by molar-refractivity contribution is 0.264. The van der Waals surface area contributed by atoms with Crippen molar-refractivity contribution < 1.29 is 5.11 Å². The van der Waals surface area contributed by atoms with E-state index in [1.54, 1.807) is 0 Å². The topological polar surface area (TPSA) is 64.1 Å². The molecule has 1 aromatic heterocycles. The van der Waals surface area contributed by atoms with E-state index < -0.39 is 0 Å². The average molecular weight is 291 g/mol. The third-order valence-electron chi connectivity index (χ3n) is 4.39. The minimum Gasteiger partial charge on any atom is -0.399 e. The summed E-state index contributed by atoms with van der Waals surface area (Å²) in [6.07, 6.45) is 7.28. The molecule has 0 saturated heterocycles. The summed E-state index contributed by atoms with van der Waals surface area (Å²) in [5, 5.41) is 9.60. The molecule has 4 nitrogen and oxygen atoms in total. The van der Waals surface area contributed by atoms with Gasteiger partial charge in [0.15, 0.2) is 0 Å². The Labute approximate surface area is 123 Å². The van der Waals surface area contributed by atoms with Crippen molar-refractivity contribution in [2.45, 2.75) is 43.6 Å². The van der Waals surface area contributed by atoms with Gasteiger partial charge in [-0.25, -0.2) is 4.98 Å². The lowest BCUT2D eigenvalue weighted by Gasteiger charge is -2.28. The van der Waals surface area contributed by atoms with Crippen LogP contribution in [0.1, 0.15) is 31.5 Å². The monoisotopic (exact) mass is 291 g/mol. The van der Waals surface area contributed by atoms with Crippen molar-refractivity contribution in [3.8, 4) is 0 Å². The number of aliphatic hydroxyl groups excluding tert-OH is 1. The minimum absolute atomic E-state index is 0.0287. The molecule has 1 aliphatic carbocycles. The second kappa shape index (κ2) is 5.30. The summed E-state index contributed by atoms with van der Waals surface area (Å²) in [4.78, 5) is 4.52. The molecule has 1 fully saturated rings. The first-order valence-corrected chi connectivity index (χ1v) is 8.30. The van der Waals surface area contributed by atoms with Gasteiger partial charge in [-0.3, -0.25) is 0 Å². The SMILES string of the molecule is CSC1(Cn2c(CO)nc3cc(N)ccc32)CCCC1. The van der Waals surface area contributed by atoms with E-state index in [1.165, 1.54) is 25.7 Å². The van der Waals surface area contributed by atoms with Gasteiger partial charge in [-0.1, -0.05) is 12.8 Å². The first-order chi connectivity index (χ1) is 9.67. The number of hydrogen-bond acceptors (Lipinski definition) is 4. The van der Waals surface area contributed by atoms with Crippen LogP contribution in [0.25, 0.3) is 11.0 Å². The number of rotatable bonds is 4. The van der Waals surface area contributed by atoms with Crippen molar-refractivity contribution in [1.29, 1.82) is 0 Å². The number of nitrogens with two attached hydrogens (primary N) is 1. The van der Waals surface area contributed by atoms with Gasteiger partial charge in [-0.15, -0.1) is 0 Å². The molecule has 5 heteroatoms. The summed E-state index contributed by atoms with van der Waals surface area (Å²) in [5.41, 5.74) is 8.49. The summed E-state index contributed by atoms with van der Waals surface area (Å²) in [6, 6.07) is 5.80. The maximum absolute atomic E-state index is 9.60. The van der Waals surface area contributed by atoms with E-state index in [2.05, 4.69) is 15.8 Å². The quantitative estimate of drug-likeness (QED) is 0.850. The number of fused-ring (bicyclic) bond motifs is 1. The van der Waals surface area contributed by atoms with Crippen LogP contribution in [-0.4, -0.2) is 25.7 Å². The Bertz CT molecular complexity index is 617. The standard InChI is InChI=1S/C15H21N3OS/c1-20-15(6-2-3-7-15)10-18-13-5-4-11(16)8-12(13)17-14(18)9-19/h4-5,8,19H,2-3,6-7,9-10,16H2,1H3. The molecule has 3 N–H and O–H groups in total. The van der Waals surface area contributed by atoms with E-state index in [0.717, 1.165) is 23.4 Å². The molecule has 3 rings (SSSR count). The number of nitrogen functional groups attached to an aromatic ring is 1. The molecule has 0 unspecified atom stereocenters. The van der Waals surface area contributed by atoms with Gasteiger partial charge >= 0.3 is 0 Å². The molecular weight excluding hydrogens is 270 g/mol. The predicted octanol–water partition coefficient (Wildman–Crippen LogP) is 2.79. The highest BCUT2D eigenvalue weighted by Crippen LogP contribution is 2.42.